The Kier molecular flexibility index (Phi) is 5.02. The topological polar surface area (TPSA) is 24.5 Å². The zero-order chi connectivity index (χ0) is 14.4. The molecule has 0 saturated carbocycles. The van der Waals surface area contributed by atoms with Crippen LogP contribution in [0.1, 0.15) is 11.6 Å². The molecule has 0 aliphatic carbocycles. The molecule has 0 amide bonds. The van der Waals surface area contributed by atoms with Crippen molar-refractivity contribution in [2.45, 2.75) is 6.04 Å². The Morgan fingerprint density at radius 3 is 2.35 bits per heavy atom. The van der Waals surface area contributed by atoms with E-state index in [1.54, 1.807) is 7.11 Å². The zero-order valence-corrected chi connectivity index (χ0v) is 12.3. The lowest BCUT2D eigenvalue weighted by Crippen LogP contribution is -2.31. The van der Waals surface area contributed by atoms with Gasteiger partial charge in [0.1, 0.15) is 5.75 Å². The standard InChI is InChI=1S/C17H22N2O/c1-18-15(14-9-5-4-6-10-14)13-19(2)16-11-7-8-12-17(16)20-3/h4-12,15,18H,13H2,1-3H3. The van der Waals surface area contributed by atoms with E-state index in [0.717, 1.165) is 18.0 Å². The molecule has 3 heteroatoms. The van der Waals surface area contributed by atoms with Crippen LogP contribution in [0.3, 0.4) is 0 Å². The quantitative estimate of drug-likeness (QED) is 0.873. The highest BCUT2D eigenvalue weighted by atomic mass is 16.5. The molecule has 0 aromatic heterocycles. The van der Waals surface area contributed by atoms with Crippen molar-refractivity contribution in [2.75, 3.05) is 32.6 Å². The van der Waals surface area contributed by atoms with Crippen LogP contribution in [0.15, 0.2) is 54.6 Å². The second-order valence-corrected chi connectivity index (χ2v) is 4.80. The van der Waals surface area contributed by atoms with Gasteiger partial charge in [0.25, 0.3) is 0 Å². The molecule has 1 unspecified atom stereocenters. The molecular formula is C17H22N2O. The summed E-state index contributed by atoms with van der Waals surface area (Å²) in [5, 5.41) is 3.37. The van der Waals surface area contributed by atoms with Crippen molar-refractivity contribution < 1.29 is 4.74 Å². The predicted molar refractivity (Wildman–Crippen MR) is 84.5 cm³/mol. The number of benzene rings is 2. The van der Waals surface area contributed by atoms with E-state index in [1.165, 1.54) is 5.56 Å². The summed E-state index contributed by atoms with van der Waals surface area (Å²) in [5.74, 6) is 0.901. The molecule has 0 bridgehead atoms. The predicted octanol–water partition coefficient (Wildman–Crippen LogP) is 3.09. The summed E-state index contributed by atoms with van der Waals surface area (Å²) in [6, 6.07) is 18.9. The average molecular weight is 270 g/mol. The summed E-state index contributed by atoms with van der Waals surface area (Å²) in [7, 11) is 5.79. The van der Waals surface area contributed by atoms with Gasteiger partial charge in [-0.1, -0.05) is 42.5 Å². The van der Waals surface area contributed by atoms with Gasteiger partial charge >= 0.3 is 0 Å². The summed E-state index contributed by atoms with van der Waals surface area (Å²) < 4.78 is 5.43. The second kappa shape index (κ2) is 6.96. The maximum atomic E-state index is 5.43. The number of methoxy groups -OCH3 is 1. The van der Waals surface area contributed by atoms with Gasteiger partial charge < -0.3 is 15.0 Å². The number of ether oxygens (including phenoxy) is 1. The molecule has 2 rings (SSSR count). The molecule has 0 fully saturated rings. The fourth-order valence-corrected chi connectivity index (χ4v) is 2.37. The number of hydrogen-bond acceptors (Lipinski definition) is 3. The van der Waals surface area contributed by atoms with Gasteiger partial charge in [0, 0.05) is 19.6 Å². The third-order valence-electron chi connectivity index (χ3n) is 3.50. The molecule has 0 spiro atoms. The number of nitrogens with one attached hydrogen (secondary N) is 1. The Morgan fingerprint density at radius 2 is 1.70 bits per heavy atom. The van der Waals surface area contributed by atoms with Gasteiger partial charge in [-0.15, -0.1) is 0 Å². The first-order valence-corrected chi connectivity index (χ1v) is 6.82. The van der Waals surface area contributed by atoms with E-state index in [-0.39, 0.29) is 6.04 Å². The van der Waals surface area contributed by atoms with Gasteiger partial charge in [-0.3, -0.25) is 0 Å². The monoisotopic (exact) mass is 270 g/mol. The summed E-state index contributed by atoms with van der Waals surface area (Å²) in [6.07, 6.45) is 0. The van der Waals surface area contributed by atoms with Crippen molar-refractivity contribution in [3.8, 4) is 5.75 Å². The zero-order valence-electron chi connectivity index (χ0n) is 12.3. The lowest BCUT2D eigenvalue weighted by molar-refractivity contribution is 0.414. The average Bonchev–Trinajstić information content (AvgIpc) is 2.53. The fraction of sp³-hybridized carbons (Fsp3) is 0.294. The van der Waals surface area contributed by atoms with E-state index in [2.05, 4.69) is 47.6 Å². The van der Waals surface area contributed by atoms with E-state index in [4.69, 9.17) is 4.74 Å². The first-order chi connectivity index (χ1) is 9.76. The number of hydrogen-bond donors (Lipinski definition) is 1. The Morgan fingerprint density at radius 1 is 1.05 bits per heavy atom. The molecule has 0 saturated heterocycles. The molecule has 2 aromatic carbocycles. The summed E-state index contributed by atoms with van der Waals surface area (Å²) in [5.41, 5.74) is 2.39. The first kappa shape index (κ1) is 14.4. The summed E-state index contributed by atoms with van der Waals surface area (Å²) in [4.78, 5) is 2.22. The van der Waals surface area contributed by atoms with Gasteiger partial charge in [-0.2, -0.15) is 0 Å². The smallest absolute Gasteiger partial charge is 0.142 e. The van der Waals surface area contributed by atoms with Crippen LogP contribution in [0, 0.1) is 0 Å². The number of likely N-dealkylation sites (N-methyl/N-ethyl adjacent to an activating group) is 2. The Bertz CT molecular complexity index is 528. The largest absolute Gasteiger partial charge is 0.495 e. The molecule has 3 nitrogen and oxygen atoms in total. The maximum Gasteiger partial charge on any atom is 0.142 e. The minimum absolute atomic E-state index is 0.283. The lowest BCUT2D eigenvalue weighted by Gasteiger charge is -2.27. The Balaban J connectivity index is 2.15. The molecular weight excluding hydrogens is 248 g/mol. The van der Waals surface area contributed by atoms with Crippen molar-refractivity contribution in [2.24, 2.45) is 0 Å². The van der Waals surface area contributed by atoms with E-state index in [1.807, 2.05) is 31.3 Å². The van der Waals surface area contributed by atoms with Crippen molar-refractivity contribution >= 4 is 5.69 Å². The van der Waals surface area contributed by atoms with Crippen molar-refractivity contribution in [3.05, 3.63) is 60.2 Å². The van der Waals surface area contributed by atoms with Crippen molar-refractivity contribution in [1.82, 2.24) is 5.32 Å². The number of nitrogens with zero attached hydrogens (tertiary/aromatic N) is 1. The molecule has 106 valence electrons. The molecule has 1 N–H and O–H groups in total. The number of rotatable bonds is 6. The SMILES string of the molecule is CNC(CN(C)c1ccccc1OC)c1ccccc1. The maximum absolute atomic E-state index is 5.43. The second-order valence-electron chi connectivity index (χ2n) is 4.80. The molecule has 0 aliphatic heterocycles. The molecule has 0 heterocycles. The summed E-state index contributed by atoms with van der Waals surface area (Å²) in [6.45, 7) is 0.876. The first-order valence-electron chi connectivity index (χ1n) is 6.82. The van der Waals surface area contributed by atoms with Crippen LogP contribution in [-0.2, 0) is 0 Å². The third kappa shape index (κ3) is 3.31. The van der Waals surface area contributed by atoms with Gasteiger partial charge in [0.15, 0.2) is 0 Å². The van der Waals surface area contributed by atoms with Gasteiger partial charge in [0.05, 0.1) is 12.8 Å². The van der Waals surface area contributed by atoms with Crippen LogP contribution in [0.4, 0.5) is 5.69 Å². The molecule has 20 heavy (non-hydrogen) atoms. The van der Waals surface area contributed by atoms with Crippen LogP contribution < -0.4 is 15.0 Å². The van der Waals surface area contributed by atoms with Crippen molar-refractivity contribution in [3.63, 3.8) is 0 Å². The van der Waals surface area contributed by atoms with E-state index >= 15 is 0 Å². The normalized spacial score (nSPS) is 11.9. The van der Waals surface area contributed by atoms with Gasteiger partial charge in [0.2, 0.25) is 0 Å². The van der Waals surface area contributed by atoms with Crippen LogP contribution in [-0.4, -0.2) is 27.7 Å². The number of anilines is 1. The third-order valence-corrected chi connectivity index (χ3v) is 3.50. The minimum Gasteiger partial charge on any atom is -0.495 e. The van der Waals surface area contributed by atoms with Crippen LogP contribution in [0.25, 0.3) is 0 Å². The highest BCUT2D eigenvalue weighted by Gasteiger charge is 2.14. The van der Waals surface area contributed by atoms with E-state index in [9.17, 15) is 0 Å². The van der Waals surface area contributed by atoms with Crippen LogP contribution in [0.2, 0.25) is 0 Å². The molecule has 0 aliphatic rings. The minimum atomic E-state index is 0.283. The van der Waals surface area contributed by atoms with Crippen molar-refractivity contribution in [1.29, 1.82) is 0 Å². The molecule has 2 aromatic rings. The highest BCUT2D eigenvalue weighted by molar-refractivity contribution is 5.58. The van der Waals surface area contributed by atoms with Gasteiger partial charge in [-0.25, -0.2) is 0 Å². The number of para-hydroxylation sites is 2. The lowest BCUT2D eigenvalue weighted by atomic mass is 10.1. The molecule has 0 radical (unpaired) electrons. The Labute approximate surface area is 121 Å². The van der Waals surface area contributed by atoms with Crippen LogP contribution >= 0.6 is 0 Å². The van der Waals surface area contributed by atoms with Crippen LogP contribution in [0.5, 0.6) is 5.75 Å². The summed E-state index contributed by atoms with van der Waals surface area (Å²) >= 11 is 0. The Hall–Kier alpha value is -2.00. The highest BCUT2D eigenvalue weighted by Crippen LogP contribution is 2.28. The fourth-order valence-electron chi connectivity index (χ4n) is 2.37. The van der Waals surface area contributed by atoms with E-state index < -0.39 is 0 Å². The molecule has 1 atom stereocenters. The van der Waals surface area contributed by atoms with Gasteiger partial charge in [-0.05, 0) is 24.7 Å². The van der Waals surface area contributed by atoms with E-state index in [0.29, 0.717) is 0 Å².